The molecule has 0 aliphatic heterocycles. The molecule has 0 fully saturated rings. The van der Waals surface area contributed by atoms with Crippen molar-refractivity contribution in [1.82, 2.24) is 9.97 Å². The van der Waals surface area contributed by atoms with Gasteiger partial charge in [-0.2, -0.15) is 18.2 Å². The maximum atomic E-state index is 12.9. The number of halogens is 3. The van der Waals surface area contributed by atoms with E-state index in [4.69, 9.17) is 4.78 Å². The second-order valence-electron chi connectivity index (χ2n) is 9.41. The number of carbonyl (C=O) groups is 1. The zero-order chi connectivity index (χ0) is 30.5. The smallest absolute Gasteiger partial charge is 0.394 e. The van der Waals surface area contributed by atoms with Crippen molar-refractivity contribution in [3.63, 3.8) is 0 Å². The molecule has 3 aromatic carbocycles. The average molecular weight is 600 g/mol. The number of hydrogen-bond acceptors (Lipinski definition) is 8. The lowest BCUT2D eigenvalue weighted by Crippen LogP contribution is -2.21. The van der Waals surface area contributed by atoms with Crippen LogP contribution in [0.4, 0.5) is 46.8 Å². The van der Waals surface area contributed by atoms with Crippen molar-refractivity contribution in [2.45, 2.75) is 24.0 Å². The van der Waals surface area contributed by atoms with Gasteiger partial charge in [-0.15, -0.1) is 0 Å². The molecule has 14 heteroatoms. The van der Waals surface area contributed by atoms with E-state index in [1.807, 2.05) is 0 Å². The second-order valence-corrected chi connectivity index (χ2v) is 11.6. The first-order valence-electron chi connectivity index (χ1n) is 12.5. The van der Waals surface area contributed by atoms with Crippen LogP contribution in [0.3, 0.4) is 0 Å². The molecule has 220 valence electrons. The fourth-order valence-electron chi connectivity index (χ4n) is 3.77. The largest absolute Gasteiger partial charge is 0.416 e. The summed E-state index contributed by atoms with van der Waals surface area (Å²) < 4.78 is 58.5. The number of hydrogen-bond donors (Lipinski definition) is 6. The van der Waals surface area contributed by atoms with E-state index in [9.17, 15) is 27.3 Å². The molecule has 1 aromatic heterocycles. The maximum absolute atomic E-state index is 12.9. The highest BCUT2D eigenvalue weighted by Gasteiger charge is 2.30. The number of urea groups is 1. The third-order valence-electron chi connectivity index (χ3n) is 5.91. The van der Waals surface area contributed by atoms with Gasteiger partial charge in [-0.25, -0.2) is 18.8 Å². The zero-order valence-corrected chi connectivity index (χ0v) is 23.3. The van der Waals surface area contributed by atoms with Crippen molar-refractivity contribution in [3.05, 3.63) is 84.6 Å². The van der Waals surface area contributed by atoms with Crippen molar-refractivity contribution >= 4 is 44.6 Å². The van der Waals surface area contributed by atoms with Crippen LogP contribution in [0.1, 0.15) is 12.5 Å². The van der Waals surface area contributed by atoms with E-state index in [-0.39, 0.29) is 24.3 Å². The number of benzene rings is 3. The van der Waals surface area contributed by atoms with E-state index >= 15 is 0 Å². The molecule has 10 nitrogen and oxygen atoms in total. The molecule has 42 heavy (non-hydrogen) atoms. The molecule has 0 spiro atoms. The number of aliphatic hydroxyl groups excluding tert-OH is 1. The fourth-order valence-corrected chi connectivity index (χ4v) is 4.42. The van der Waals surface area contributed by atoms with Crippen molar-refractivity contribution in [1.29, 1.82) is 4.78 Å². The molecule has 1 heterocycles. The highest BCUT2D eigenvalue weighted by molar-refractivity contribution is 7.91. The van der Waals surface area contributed by atoms with Crippen LogP contribution in [0.15, 0.2) is 83.9 Å². The molecule has 0 radical (unpaired) electrons. The van der Waals surface area contributed by atoms with Gasteiger partial charge in [-0.3, -0.25) is 0 Å². The first-order valence-corrected chi connectivity index (χ1v) is 14.5. The Kier molecular flexibility index (Phi) is 8.97. The van der Waals surface area contributed by atoms with E-state index in [0.717, 1.165) is 12.1 Å². The summed E-state index contributed by atoms with van der Waals surface area (Å²) >= 11 is 0. The summed E-state index contributed by atoms with van der Waals surface area (Å²) in [6, 6.07) is 16.5. The summed E-state index contributed by atoms with van der Waals surface area (Å²) in [5.41, 5.74) is 1.44. The number of rotatable bonds is 9. The van der Waals surface area contributed by atoms with Crippen LogP contribution in [-0.2, 0) is 15.9 Å². The van der Waals surface area contributed by atoms with Gasteiger partial charge in [0, 0.05) is 46.0 Å². The highest BCUT2D eigenvalue weighted by atomic mass is 32.2. The molecular formula is C28H28F3N7O3S. The fraction of sp³-hybridized carbons (Fsp3) is 0.179. The van der Waals surface area contributed by atoms with Crippen LogP contribution in [0, 0.1) is 4.78 Å². The summed E-state index contributed by atoms with van der Waals surface area (Å²) in [4.78, 5) is 21.7. The van der Waals surface area contributed by atoms with Crippen LogP contribution >= 0.6 is 0 Å². The summed E-state index contributed by atoms with van der Waals surface area (Å²) in [6.45, 7) is 1.62. The van der Waals surface area contributed by atoms with Gasteiger partial charge in [0.15, 0.2) is 0 Å². The lowest BCUT2D eigenvalue weighted by atomic mass is 10.1. The minimum absolute atomic E-state index is 0.00386. The monoisotopic (exact) mass is 599 g/mol. The van der Waals surface area contributed by atoms with Gasteiger partial charge in [0.2, 0.25) is 5.95 Å². The van der Waals surface area contributed by atoms with Gasteiger partial charge < -0.3 is 26.4 Å². The van der Waals surface area contributed by atoms with Gasteiger partial charge in [-0.05, 0) is 67.1 Å². The maximum Gasteiger partial charge on any atom is 0.416 e. The normalized spacial score (nSPS) is 13.5. The Labute approximate surface area is 240 Å². The van der Waals surface area contributed by atoms with E-state index in [2.05, 4.69) is 31.2 Å². The predicted octanol–water partition coefficient (Wildman–Crippen LogP) is 6.38. The van der Waals surface area contributed by atoms with Gasteiger partial charge in [0.1, 0.15) is 5.82 Å². The van der Waals surface area contributed by atoms with Crippen LogP contribution in [0.5, 0.6) is 0 Å². The Balaban J connectivity index is 1.50. The molecule has 4 rings (SSSR count). The Bertz CT molecular complexity index is 1660. The Morgan fingerprint density at radius 2 is 1.64 bits per heavy atom. The lowest BCUT2D eigenvalue weighted by molar-refractivity contribution is -0.137. The number of aromatic nitrogens is 2. The Morgan fingerprint density at radius 3 is 2.26 bits per heavy atom. The number of nitrogens with one attached hydrogen (secondary N) is 5. The second kappa shape index (κ2) is 12.4. The molecule has 2 atom stereocenters. The molecule has 2 amide bonds. The van der Waals surface area contributed by atoms with Crippen LogP contribution < -0.4 is 21.3 Å². The van der Waals surface area contributed by atoms with Crippen molar-refractivity contribution < 1.29 is 27.3 Å². The van der Waals surface area contributed by atoms with Crippen LogP contribution in [0.2, 0.25) is 0 Å². The van der Waals surface area contributed by atoms with Gasteiger partial charge >= 0.3 is 12.2 Å². The molecule has 6 N–H and O–H groups in total. The third kappa shape index (κ3) is 7.95. The minimum atomic E-state index is -4.53. The molecular weight excluding hydrogens is 571 g/mol. The first-order chi connectivity index (χ1) is 19.8. The molecule has 0 bridgehead atoms. The average Bonchev–Trinajstić information content (AvgIpc) is 2.93. The molecule has 0 aliphatic carbocycles. The Morgan fingerprint density at radius 1 is 1.00 bits per heavy atom. The molecule has 4 aromatic rings. The summed E-state index contributed by atoms with van der Waals surface area (Å²) in [7, 11) is -2.84. The topological polar surface area (TPSA) is 152 Å². The highest BCUT2D eigenvalue weighted by Crippen LogP contribution is 2.31. The standard InChI is InChI=1S/C28H28F3N7O3S/c1-17(16-39)34-25-24(15-33-26(38-25)35-20-10-12-23(13-11-20)42(2,32)41)18-6-8-21(9-7-18)36-27(40)37-22-5-3-4-19(14-22)28(29,30)31/h3-15,17,32,39H,16H2,1-2H3,(H2,36,37,40)(H2,33,34,35,38)/t17-,42+/m1/s1. The van der Waals surface area contributed by atoms with E-state index < -0.39 is 27.5 Å². The number of carbonyl (C=O) groups excluding carboxylic acids is 1. The molecule has 0 unspecified atom stereocenters. The van der Waals surface area contributed by atoms with E-state index in [0.29, 0.717) is 33.2 Å². The van der Waals surface area contributed by atoms with E-state index in [1.54, 1.807) is 61.7 Å². The third-order valence-corrected chi connectivity index (χ3v) is 7.08. The molecule has 0 aliphatic rings. The number of amides is 2. The SMILES string of the molecule is C[C@H](CO)Nc1nc(Nc2ccc([S@@](C)(=N)=O)cc2)ncc1-c1ccc(NC(=O)Nc2cccc(C(F)(F)F)c2)cc1. The van der Waals surface area contributed by atoms with Crippen LogP contribution in [0.25, 0.3) is 11.1 Å². The van der Waals surface area contributed by atoms with Crippen molar-refractivity contribution in [2.24, 2.45) is 0 Å². The zero-order valence-electron chi connectivity index (χ0n) is 22.5. The Hall–Kier alpha value is -4.69. The number of anilines is 5. The van der Waals surface area contributed by atoms with E-state index in [1.165, 1.54) is 18.4 Å². The van der Waals surface area contributed by atoms with Crippen LogP contribution in [-0.4, -0.2) is 44.2 Å². The first kappa shape index (κ1) is 30.3. The number of aliphatic hydroxyl groups is 1. The lowest BCUT2D eigenvalue weighted by Gasteiger charge is -2.17. The number of alkyl halides is 3. The molecule has 0 saturated carbocycles. The van der Waals surface area contributed by atoms with Crippen molar-refractivity contribution in [3.8, 4) is 11.1 Å². The quantitative estimate of drug-likeness (QED) is 0.131. The van der Waals surface area contributed by atoms with Gasteiger partial charge in [0.25, 0.3) is 0 Å². The summed E-state index contributed by atoms with van der Waals surface area (Å²) in [6.07, 6.45) is -1.60. The predicted molar refractivity (Wildman–Crippen MR) is 157 cm³/mol. The van der Waals surface area contributed by atoms with Gasteiger partial charge in [-0.1, -0.05) is 18.2 Å². The summed E-state index contributed by atoms with van der Waals surface area (Å²) in [5, 5.41) is 20.7. The minimum Gasteiger partial charge on any atom is -0.394 e. The van der Waals surface area contributed by atoms with Crippen molar-refractivity contribution in [2.75, 3.05) is 34.1 Å². The number of nitrogens with zero attached hydrogens (tertiary/aromatic N) is 2. The van der Waals surface area contributed by atoms with Gasteiger partial charge in [0.05, 0.1) is 21.9 Å². The molecule has 0 saturated heterocycles. The summed E-state index contributed by atoms with van der Waals surface area (Å²) in [5.74, 6) is 0.684.